The third-order valence-electron chi connectivity index (χ3n) is 4.73. The number of nitrogens with zero attached hydrogens (tertiary/aromatic N) is 2. The minimum atomic E-state index is -3.04. The molecule has 26 heavy (non-hydrogen) atoms. The standard InChI is InChI=1S/C18H17BrN2O3S2/c1-26(23,24)9-11-2-3-13-7-14(5-4-12(13)6-11)21-10-20-15-8-16(19)25-17(15)18(21)22/h2-3,6,8,10,14H,4-5,7,9H2,1H3. The van der Waals surface area contributed by atoms with Crippen molar-refractivity contribution in [3.8, 4) is 0 Å². The van der Waals surface area contributed by atoms with Crippen LogP contribution in [0.5, 0.6) is 0 Å². The highest BCUT2D eigenvalue weighted by molar-refractivity contribution is 9.11. The Kier molecular flexibility index (Phi) is 4.53. The highest BCUT2D eigenvalue weighted by Crippen LogP contribution is 2.31. The van der Waals surface area contributed by atoms with Crippen molar-refractivity contribution >= 4 is 47.3 Å². The lowest BCUT2D eigenvalue weighted by Gasteiger charge is -2.26. The molecule has 0 saturated carbocycles. The molecule has 0 saturated heterocycles. The molecule has 4 rings (SSSR count). The molecule has 1 aromatic carbocycles. The lowest BCUT2D eigenvalue weighted by molar-refractivity contribution is 0.429. The van der Waals surface area contributed by atoms with Gasteiger partial charge < -0.3 is 0 Å². The zero-order chi connectivity index (χ0) is 18.5. The third kappa shape index (κ3) is 3.50. The summed E-state index contributed by atoms with van der Waals surface area (Å²) in [6.45, 7) is 0. The minimum Gasteiger partial charge on any atom is -0.295 e. The summed E-state index contributed by atoms with van der Waals surface area (Å²) in [5, 5.41) is 0. The van der Waals surface area contributed by atoms with Crippen LogP contribution in [0.25, 0.3) is 10.2 Å². The summed E-state index contributed by atoms with van der Waals surface area (Å²) in [5.41, 5.74) is 3.92. The molecule has 1 atom stereocenters. The molecule has 0 fully saturated rings. The van der Waals surface area contributed by atoms with E-state index in [4.69, 9.17) is 0 Å². The zero-order valence-electron chi connectivity index (χ0n) is 14.1. The molecule has 1 unspecified atom stereocenters. The van der Waals surface area contributed by atoms with Crippen LogP contribution >= 0.6 is 27.3 Å². The van der Waals surface area contributed by atoms with E-state index < -0.39 is 9.84 Å². The third-order valence-corrected chi connectivity index (χ3v) is 7.20. The van der Waals surface area contributed by atoms with Gasteiger partial charge in [-0.3, -0.25) is 9.36 Å². The number of hydrogen-bond acceptors (Lipinski definition) is 5. The van der Waals surface area contributed by atoms with Crippen molar-refractivity contribution in [3.05, 3.63) is 61.4 Å². The summed E-state index contributed by atoms with van der Waals surface area (Å²) in [6.07, 6.45) is 5.33. The van der Waals surface area contributed by atoms with Crippen LogP contribution in [0.2, 0.25) is 0 Å². The van der Waals surface area contributed by atoms with Gasteiger partial charge in [0.2, 0.25) is 0 Å². The van der Waals surface area contributed by atoms with E-state index in [2.05, 4.69) is 20.9 Å². The molecule has 1 aliphatic rings. The molecule has 0 bridgehead atoms. The van der Waals surface area contributed by atoms with Crippen LogP contribution < -0.4 is 5.56 Å². The summed E-state index contributed by atoms with van der Waals surface area (Å²) in [6, 6.07) is 7.82. The van der Waals surface area contributed by atoms with E-state index in [1.807, 2.05) is 24.3 Å². The topological polar surface area (TPSA) is 69.0 Å². The molecule has 0 amide bonds. The zero-order valence-corrected chi connectivity index (χ0v) is 17.3. The van der Waals surface area contributed by atoms with Crippen molar-refractivity contribution in [2.24, 2.45) is 0 Å². The summed E-state index contributed by atoms with van der Waals surface area (Å²) < 4.78 is 26.3. The monoisotopic (exact) mass is 452 g/mol. The Bertz CT molecular complexity index is 1160. The van der Waals surface area contributed by atoms with Crippen LogP contribution in [0, 0.1) is 0 Å². The number of benzene rings is 1. The van der Waals surface area contributed by atoms with E-state index in [0.717, 1.165) is 34.1 Å². The lowest BCUT2D eigenvalue weighted by Crippen LogP contribution is -2.28. The van der Waals surface area contributed by atoms with Crippen molar-refractivity contribution in [1.82, 2.24) is 9.55 Å². The first kappa shape index (κ1) is 17.9. The number of sulfone groups is 1. The fraction of sp³-hybridized carbons (Fsp3) is 0.333. The van der Waals surface area contributed by atoms with Crippen molar-refractivity contribution < 1.29 is 8.42 Å². The number of hydrogen-bond donors (Lipinski definition) is 0. The number of aromatic nitrogens is 2. The van der Waals surface area contributed by atoms with E-state index in [9.17, 15) is 13.2 Å². The molecule has 0 spiro atoms. The van der Waals surface area contributed by atoms with Crippen molar-refractivity contribution in [1.29, 1.82) is 0 Å². The summed E-state index contributed by atoms with van der Waals surface area (Å²) in [7, 11) is -3.04. The summed E-state index contributed by atoms with van der Waals surface area (Å²) in [5.74, 6) is 0.0665. The van der Waals surface area contributed by atoms with Gasteiger partial charge in [-0.1, -0.05) is 18.2 Å². The predicted octanol–water partition coefficient (Wildman–Crippen LogP) is 3.50. The molecule has 1 aliphatic carbocycles. The quantitative estimate of drug-likeness (QED) is 0.609. The van der Waals surface area contributed by atoms with Crippen molar-refractivity contribution in [2.45, 2.75) is 31.1 Å². The van der Waals surface area contributed by atoms with E-state index in [0.29, 0.717) is 4.70 Å². The van der Waals surface area contributed by atoms with Gasteiger partial charge >= 0.3 is 0 Å². The molecule has 8 heteroatoms. The first-order valence-corrected chi connectivity index (χ1v) is 11.9. The highest BCUT2D eigenvalue weighted by atomic mass is 79.9. The highest BCUT2D eigenvalue weighted by Gasteiger charge is 2.22. The first-order valence-electron chi connectivity index (χ1n) is 8.25. The predicted molar refractivity (Wildman–Crippen MR) is 108 cm³/mol. The lowest BCUT2D eigenvalue weighted by atomic mass is 9.87. The average molecular weight is 453 g/mol. The smallest absolute Gasteiger partial charge is 0.271 e. The summed E-state index contributed by atoms with van der Waals surface area (Å²) in [4.78, 5) is 17.2. The van der Waals surface area contributed by atoms with Crippen molar-refractivity contribution in [3.63, 3.8) is 0 Å². The second kappa shape index (κ2) is 6.58. The van der Waals surface area contributed by atoms with Crippen LogP contribution in [0.15, 0.2) is 39.2 Å². The van der Waals surface area contributed by atoms with E-state index in [1.165, 1.54) is 28.7 Å². The number of thiophene rings is 1. The van der Waals surface area contributed by atoms with Gasteiger partial charge in [-0.25, -0.2) is 13.4 Å². The Balaban J connectivity index is 1.65. The SMILES string of the molecule is CS(=O)(=O)Cc1ccc2c(c1)CCC(n1cnc3cc(Br)sc3c1=O)C2. The number of halogens is 1. The maximum Gasteiger partial charge on any atom is 0.271 e. The van der Waals surface area contributed by atoms with Crippen LogP contribution in [0.3, 0.4) is 0 Å². The molecule has 0 N–H and O–H groups in total. The Hall–Kier alpha value is -1.51. The Morgan fingerprint density at radius 1 is 1.31 bits per heavy atom. The second-order valence-electron chi connectivity index (χ2n) is 6.79. The number of fused-ring (bicyclic) bond motifs is 2. The van der Waals surface area contributed by atoms with Crippen LogP contribution in [-0.4, -0.2) is 24.2 Å². The van der Waals surface area contributed by atoms with Gasteiger partial charge in [0.25, 0.3) is 5.56 Å². The van der Waals surface area contributed by atoms with Gasteiger partial charge in [0, 0.05) is 12.3 Å². The second-order valence-corrected chi connectivity index (χ2v) is 11.4. The van der Waals surface area contributed by atoms with Gasteiger partial charge in [0.15, 0.2) is 9.84 Å². The molecule has 5 nitrogen and oxygen atoms in total. The molecule has 136 valence electrons. The maximum atomic E-state index is 12.8. The average Bonchev–Trinajstić information content (AvgIpc) is 2.95. The fourth-order valence-electron chi connectivity index (χ4n) is 3.57. The Morgan fingerprint density at radius 3 is 2.88 bits per heavy atom. The van der Waals surface area contributed by atoms with E-state index >= 15 is 0 Å². The number of rotatable bonds is 3. The maximum absolute atomic E-state index is 12.8. The molecule has 3 aromatic rings. The number of aryl methyl sites for hydroxylation is 1. The molecular weight excluding hydrogens is 436 g/mol. The Labute approximate surface area is 163 Å². The Morgan fingerprint density at radius 2 is 2.12 bits per heavy atom. The van der Waals surface area contributed by atoms with Gasteiger partial charge in [-0.05, 0) is 57.9 Å². The van der Waals surface area contributed by atoms with Crippen LogP contribution in [0.4, 0.5) is 0 Å². The molecule has 2 aromatic heterocycles. The van der Waals surface area contributed by atoms with Gasteiger partial charge in [0.05, 0.1) is 21.4 Å². The van der Waals surface area contributed by atoms with Crippen molar-refractivity contribution in [2.75, 3.05) is 6.26 Å². The first-order chi connectivity index (χ1) is 12.3. The van der Waals surface area contributed by atoms with Crippen LogP contribution in [-0.2, 0) is 28.4 Å². The van der Waals surface area contributed by atoms with Gasteiger partial charge in [-0.15, -0.1) is 11.3 Å². The molecule has 0 radical (unpaired) electrons. The minimum absolute atomic E-state index is 0.00727. The van der Waals surface area contributed by atoms with E-state index in [1.54, 1.807) is 10.9 Å². The largest absolute Gasteiger partial charge is 0.295 e. The molecule has 2 heterocycles. The van der Waals surface area contributed by atoms with Gasteiger partial charge in [-0.2, -0.15) is 0 Å². The molecular formula is C18H17BrN2O3S2. The van der Waals surface area contributed by atoms with E-state index in [-0.39, 0.29) is 17.4 Å². The summed E-state index contributed by atoms with van der Waals surface area (Å²) >= 11 is 4.83. The normalized spacial score (nSPS) is 17.4. The fourth-order valence-corrected chi connectivity index (χ4v) is 5.84. The van der Waals surface area contributed by atoms with Gasteiger partial charge in [0.1, 0.15) is 4.70 Å². The van der Waals surface area contributed by atoms with Crippen LogP contribution in [0.1, 0.15) is 29.2 Å². The molecule has 0 aliphatic heterocycles.